The zero-order chi connectivity index (χ0) is 38.1. The van der Waals surface area contributed by atoms with E-state index < -0.39 is 42.6 Å². The second-order valence-corrected chi connectivity index (χ2v) is 13.2. The molecule has 0 aromatic heterocycles. The van der Waals surface area contributed by atoms with Crippen LogP contribution in [0.2, 0.25) is 0 Å². The number of carbonyl (C=O) groups is 2. The minimum atomic E-state index is -1.40. The average molecular weight is 739 g/mol. The Morgan fingerprint density at radius 1 is 0.600 bits per heavy atom. The molecule has 55 heavy (non-hydrogen) atoms. The summed E-state index contributed by atoms with van der Waals surface area (Å²) in [5.41, 5.74) is 3.91. The largest absolute Gasteiger partial charge is 0.449 e. The van der Waals surface area contributed by atoms with Crippen LogP contribution >= 0.6 is 0 Å². The molecule has 0 radical (unpaired) electrons. The second-order valence-electron chi connectivity index (χ2n) is 13.2. The Balaban J connectivity index is 1.36. The van der Waals surface area contributed by atoms with Gasteiger partial charge in [-0.2, -0.15) is 0 Å². The molecule has 0 aliphatic carbocycles. The first kappa shape index (κ1) is 39.1. The fourth-order valence-electron chi connectivity index (χ4n) is 6.15. The highest BCUT2D eigenvalue weighted by Crippen LogP contribution is 2.32. The molecule has 0 saturated carbocycles. The van der Waals surface area contributed by atoms with Crippen LogP contribution in [0.15, 0.2) is 146 Å². The van der Waals surface area contributed by atoms with Crippen molar-refractivity contribution in [2.24, 2.45) is 0 Å². The molecule has 8 heteroatoms. The summed E-state index contributed by atoms with van der Waals surface area (Å²) in [6.45, 7) is 2.84. The lowest BCUT2D eigenvalue weighted by molar-refractivity contribution is -0.304. The summed E-state index contributed by atoms with van der Waals surface area (Å²) in [7, 11) is 0. The maximum Gasteiger partial charge on any atom is 0.341 e. The van der Waals surface area contributed by atoms with Crippen LogP contribution in [-0.2, 0) is 48.2 Å². The first-order valence-corrected chi connectivity index (χ1v) is 18.7. The Kier molecular flexibility index (Phi) is 14.8. The van der Waals surface area contributed by atoms with Crippen LogP contribution in [-0.4, -0.2) is 49.3 Å². The molecular weight excluding hydrogens is 693 g/mol. The van der Waals surface area contributed by atoms with E-state index in [2.05, 4.69) is 18.8 Å². The topological polar surface area (TPSA) is 89.5 Å². The smallest absolute Gasteiger partial charge is 0.341 e. The molecule has 0 N–H and O–H groups in total. The van der Waals surface area contributed by atoms with Gasteiger partial charge in [-0.15, -0.1) is 0 Å². The van der Waals surface area contributed by atoms with E-state index in [-0.39, 0.29) is 25.4 Å². The summed E-state index contributed by atoms with van der Waals surface area (Å²) < 4.78 is 38.6. The van der Waals surface area contributed by atoms with Gasteiger partial charge in [0.25, 0.3) is 0 Å². The third-order valence-electron chi connectivity index (χ3n) is 9.06. The van der Waals surface area contributed by atoms with Gasteiger partial charge in [0.1, 0.15) is 18.3 Å². The molecule has 1 aliphatic rings. The maximum atomic E-state index is 14.1. The number of hydrogen-bond acceptors (Lipinski definition) is 8. The third-order valence-corrected chi connectivity index (χ3v) is 9.06. The summed E-state index contributed by atoms with van der Waals surface area (Å²) in [5, 5.41) is 0. The second kappa shape index (κ2) is 20.8. The Bertz CT molecular complexity index is 1980. The fourth-order valence-corrected chi connectivity index (χ4v) is 6.15. The molecule has 5 atom stereocenters. The van der Waals surface area contributed by atoms with Gasteiger partial charge in [-0.3, -0.25) is 0 Å². The molecule has 0 bridgehead atoms. The van der Waals surface area contributed by atoms with Crippen molar-refractivity contribution in [1.29, 1.82) is 0 Å². The number of hydrogen-bond donors (Lipinski definition) is 0. The first-order chi connectivity index (χ1) is 27.1. The molecule has 5 aromatic carbocycles. The van der Waals surface area contributed by atoms with Crippen LogP contribution in [0.1, 0.15) is 69.2 Å². The lowest BCUT2D eigenvalue weighted by atomic mass is 9.97. The van der Waals surface area contributed by atoms with Crippen molar-refractivity contribution >= 4 is 11.9 Å². The highest BCUT2D eigenvalue weighted by atomic mass is 16.7. The first-order valence-electron chi connectivity index (χ1n) is 18.7. The molecule has 1 saturated heterocycles. The standard InChI is InChI=1S/C47H46O8/c1-2-3-4-15-26-38-27-18-19-30-40(38)46(49)55-47-44(54-45(48)39-28-16-8-17-29-39)43(52-33-37-24-13-7-14-25-37)42(51-32-36-22-11-6-12-23-36)41(53-47)34-50-31-35-20-9-5-10-21-35/h5-14,16-25,27-30,41-44,47H,2-4,31-34H2,1H3/t41-,42-,43+,44-,47+/m1/s1. The summed E-state index contributed by atoms with van der Waals surface area (Å²) in [6, 6.07) is 44.8. The van der Waals surface area contributed by atoms with Crippen LogP contribution in [0.3, 0.4) is 0 Å². The van der Waals surface area contributed by atoms with Crippen molar-refractivity contribution in [3.8, 4) is 11.8 Å². The van der Waals surface area contributed by atoms with Crippen molar-refractivity contribution in [2.75, 3.05) is 6.61 Å². The van der Waals surface area contributed by atoms with Crippen molar-refractivity contribution < 1.29 is 38.0 Å². The molecule has 0 amide bonds. The zero-order valence-corrected chi connectivity index (χ0v) is 31.0. The lowest BCUT2D eigenvalue weighted by Crippen LogP contribution is -2.62. The number of unbranched alkanes of at least 4 members (excludes halogenated alkanes) is 2. The number of ether oxygens (including phenoxy) is 6. The summed E-state index contributed by atoms with van der Waals surface area (Å²) >= 11 is 0. The van der Waals surface area contributed by atoms with E-state index in [1.807, 2.05) is 103 Å². The van der Waals surface area contributed by atoms with Crippen molar-refractivity contribution in [3.05, 3.63) is 179 Å². The number of rotatable bonds is 16. The van der Waals surface area contributed by atoms with Crippen LogP contribution in [0.5, 0.6) is 0 Å². The van der Waals surface area contributed by atoms with E-state index in [0.717, 1.165) is 29.5 Å². The lowest BCUT2D eigenvalue weighted by Gasteiger charge is -2.45. The van der Waals surface area contributed by atoms with Gasteiger partial charge in [-0.1, -0.05) is 147 Å². The van der Waals surface area contributed by atoms with E-state index in [4.69, 9.17) is 28.4 Å². The zero-order valence-electron chi connectivity index (χ0n) is 31.0. The Hall–Kier alpha value is -5.56. The van der Waals surface area contributed by atoms with Crippen molar-refractivity contribution in [1.82, 2.24) is 0 Å². The van der Waals surface area contributed by atoms with Gasteiger partial charge in [0, 0.05) is 12.0 Å². The van der Waals surface area contributed by atoms with E-state index in [1.54, 1.807) is 42.5 Å². The predicted octanol–water partition coefficient (Wildman–Crippen LogP) is 8.72. The number of carbonyl (C=O) groups excluding carboxylic acids is 2. The van der Waals surface area contributed by atoms with Gasteiger partial charge in [0.2, 0.25) is 6.29 Å². The summed E-state index contributed by atoms with van der Waals surface area (Å²) in [4.78, 5) is 27.9. The van der Waals surface area contributed by atoms with Gasteiger partial charge in [0.05, 0.1) is 37.6 Å². The quantitative estimate of drug-likeness (QED) is 0.0565. The summed E-state index contributed by atoms with van der Waals surface area (Å²) in [6.07, 6.45) is -2.55. The molecule has 0 unspecified atom stereocenters. The Labute approximate surface area is 323 Å². The molecule has 1 heterocycles. The summed E-state index contributed by atoms with van der Waals surface area (Å²) in [5.74, 6) is 4.97. The molecule has 282 valence electrons. The Morgan fingerprint density at radius 3 is 1.76 bits per heavy atom. The van der Waals surface area contributed by atoms with Crippen molar-refractivity contribution in [2.45, 2.75) is 76.7 Å². The van der Waals surface area contributed by atoms with Crippen LogP contribution in [0.25, 0.3) is 0 Å². The molecule has 0 spiro atoms. The van der Waals surface area contributed by atoms with Gasteiger partial charge in [-0.25, -0.2) is 9.59 Å². The monoisotopic (exact) mass is 738 g/mol. The molecular formula is C47H46O8. The van der Waals surface area contributed by atoms with Gasteiger partial charge in [-0.05, 0) is 47.4 Å². The van der Waals surface area contributed by atoms with Gasteiger partial charge < -0.3 is 28.4 Å². The van der Waals surface area contributed by atoms with Crippen LogP contribution in [0, 0.1) is 11.8 Å². The number of esters is 2. The molecule has 8 nitrogen and oxygen atoms in total. The highest BCUT2D eigenvalue weighted by Gasteiger charge is 2.51. The van der Waals surface area contributed by atoms with Crippen LogP contribution in [0.4, 0.5) is 0 Å². The third kappa shape index (κ3) is 11.5. The maximum absolute atomic E-state index is 14.1. The fraction of sp³-hybridized carbons (Fsp3) is 0.277. The molecule has 1 fully saturated rings. The Morgan fingerprint density at radius 2 is 1.15 bits per heavy atom. The SMILES string of the molecule is CCCCC#Cc1ccccc1C(=O)O[C@@H]1O[C@H](COCc2ccccc2)[C@@H](OCc2ccccc2)[C@H](OCc2ccccc2)[C@H]1OC(=O)c1ccccc1. The average Bonchev–Trinajstić information content (AvgIpc) is 3.23. The predicted molar refractivity (Wildman–Crippen MR) is 209 cm³/mol. The molecule has 5 aromatic rings. The van der Waals surface area contributed by atoms with Gasteiger partial charge >= 0.3 is 11.9 Å². The normalized spacial score (nSPS) is 19.1. The van der Waals surface area contributed by atoms with Crippen LogP contribution < -0.4 is 0 Å². The van der Waals surface area contributed by atoms with E-state index in [1.165, 1.54) is 0 Å². The van der Waals surface area contributed by atoms with E-state index >= 15 is 0 Å². The van der Waals surface area contributed by atoms with E-state index in [9.17, 15) is 9.59 Å². The van der Waals surface area contributed by atoms with Gasteiger partial charge in [0.15, 0.2) is 6.10 Å². The molecule has 6 rings (SSSR count). The molecule has 1 aliphatic heterocycles. The van der Waals surface area contributed by atoms with Crippen molar-refractivity contribution in [3.63, 3.8) is 0 Å². The minimum Gasteiger partial charge on any atom is -0.449 e. The van der Waals surface area contributed by atoms with E-state index in [0.29, 0.717) is 24.2 Å². The number of benzene rings is 5. The minimum absolute atomic E-state index is 0.0619. The highest BCUT2D eigenvalue weighted by molar-refractivity contribution is 5.92.